The molecule has 1 atom stereocenters. The first-order chi connectivity index (χ1) is 6.19. The van der Waals surface area contributed by atoms with Crippen LogP contribution >= 0.6 is 0 Å². The van der Waals surface area contributed by atoms with E-state index < -0.39 is 5.76 Å². The van der Waals surface area contributed by atoms with Gasteiger partial charge in [-0.1, -0.05) is 5.10 Å². The first-order valence-corrected chi connectivity index (χ1v) is 3.81. The van der Waals surface area contributed by atoms with Crippen molar-refractivity contribution in [2.24, 2.45) is 0 Å². The Labute approximate surface area is 75.1 Å². The molecule has 1 aromatic heterocycles. The van der Waals surface area contributed by atoms with Crippen molar-refractivity contribution >= 4 is 0 Å². The predicted molar refractivity (Wildman–Crippen MR) is 43.9 cm³/mol. The molecule has 1 heterocycles. The highest BCUT2D eigenvalue weighted by Gasteiger charge is 2.13. The molecule has 0 spiro atoms. The van der Waals surface area contributed by atoms with Crippen molar-refractivity contribution in [1.29, 1.82) is 0 Å². The van der Waals surface area contributed by atoms with Crippen molar-refractivity contribution < 1.29 is 13.9 Å². The summed E-state index contributed by atoms with van der Waals surface area (Å²) in [5.41, 5.74) is 0. The van der Waals surface area contributed by atoms with Crippen LogP contribution in [0.3, 0.4) is 0 Å². The summed E-state index contributed by atoms with van der Waals surface area (Å²) in [6, 6.07) is -0.162. The Balaban J connectivity index is 2.87. The van der Waals surface area contributed by atoms with Crippen molar-refractivity contribution in [2.75, 3.05) is 20.8 Å². The molecule has 0 saturated carbocycles. The van der Waals surface area contributed by atoms with E-state index in [0.29, 0.717) is 6.61 Å². The van der Waals surface area contributed by atoms with Gasteiger partial charge in [0, 0.05) is 7.11 Å². The summed E-state index contributed by atoms with van der Waals surface area (Å²) >= 11 is 0. The Kier molecular flexibility index (Phi) is 3.07. The van der Waals surface area contributed by atoms with Gasteiger partial charge < -0.3 is 13.9 Å². The van der Waals surface area contributed by atoms with Gasteiger partial charge >= 0.3 is 11.8 Å². The molecule has 1 unspecified atom stereocenters. The first-order valence-electron chi connectivity index (χ1n) is 3.81. The van der Waals surface area contributed by atoms with Crippen molar-refractivity contribution in [2.45, 2.75) is 13.0 Å². The number of hydrogen-bond donors (Lipinski definition) is 0. The van der Waals surface area contributed by atoms with E-state index in [4.69, 9.17) is 4.74 Å². The molecule has 0 aromatic carbocycles. The van der Waals surface area contributed by atoms with Gasteiger partial charge in [0.1, 0.15) is 0 Å². The van der Waals surface area contributed by atoms with E-state index in [0.717, 1.165) is 0 Å². The van der Waals surface area contributed by atoms with Crippen LogP contribution in [0.1, 0.15) is 13.0 Å². The molecule has 0 saturated heterocycles. The summed E-state index contributed by atoms with van der Waals surface area (Å²) in [5.74, 6) is -0.540. The number of ether oxygens (including phenoxy) is 2. The van der Waals surface area contributed by atoms with Crippen LogP contribution in [0, 0.1) is 0 Å². The van der Waals surface area contributed by atoms with Gasteiger partial charge in [-0.3, -0.25) is 0 Å². The number of hydrogen-bond acceptors (Lipinski definition) is 5. The van der Waals surface area contributed by atoms with Gasteiger partial charge in [0.2, 0.25) is 0 Å². The highest BCUT2D eigenvalue weighted by Crippen LogP contribution is 2.05. The number of aromatic nitrogens is 2. The van der Waals surface area contributed by atoms with Gasteiger partial charge in [-0.05, 0) is 6.92 Å². The van der Waals surface area contributed by atoms with Crippen molar-refractivity contribution in [3.05, 3.63) is 10.6 Å². The minimum Gasteiger partial charge on any atom is -0.452 e. The zero-order chi connectivity index (χ0) is 9.84. The fourth-order valence-corrected chi connectivity index (χ4v) is 0.943. The molecule has 1 rings (SSSR count). The van der Waals surface area contributed by atoms with Crippen LogP contribution in [0.25, 0.3) is 0 Å². The van der Waals surface area contributed by atoms with Gasteiger partial charge in [-0.15, -0.1) is 0 Å². The first kappa shape index (κ1) is 9.79. The molecule has 6 nitrogen and oxygen atoms in total. The molecule has 74 valence electrons. The van der Waals surface area contributed by atoms with E-state index in [1.807, 2.05) is 0 Å². The lowest BCUT2D eigenvalue weighted by Crippen LogP contribution is -2.23. The number of nitrogens with zero attached hydrogens (tertiary/aromatic N) is 2. The molecule has 0 aliphatic rings. The molecule has 0 fully saturated rings. The second-order valence-electron chi connectivity index (χ2n) is 2.59. The van der Waals surface area contributed by atoms with Crippen LogP contribution in [-0.4, -0.2) is 30.6 Å². The fraction of sp³-hybridized carbons (Fsp3) is 0.714. The molecule has 0 aliphatic heterocycles. The standard InChI is InChI=1S/C7H12N2O4/c1-5(4-11-2)9-7(10)13-6(8-9)12-3/h5H,4H2,1-3H3. The van der Waals surface area contributed by atoms with Gasteiger partial charge in [-0.2, -0.15) is 4.68 Å². The summed E-state index contributed by atoms with van der Waals surface area (Å²) in [5, 5.41) is 3.78. The van der Waals surface area contributed by atoms with Crippen LogP contribution in [0.5, 0.6) is 6.08 Å². The fourth-order valence-electron chi connectivity index (χ4n) is 0.943. The lowest BCUT2D eigenvalue weighted by Gasteiger charge is -2.06. The molecule has 0 amide bonds. The van der Waals surface area contributed by atoms with Crippen LogP contribution in [0.4, 0.5) is 0 Å². The number of methoxy groups -OCH3 is 2. The summed E-state index contributed by atoms with van der Waals surface area (Å²) in [6.07, 6.45) is -0.0343. The van der Waals surface area contributed by atoms with Crippen LogP contribution in [-0.2, 0) is 4.74 Å². The van der Waals surface area contributed by atoms with E-state index in [-0.39, 0.29) is 12.1 Å². The Morgan fingerprint density at radius 1 is 1.62 bits per heavy atom. The quantitative estimate of drug-likeness (QED) is 0.668. The third-order valence-corrected chi connectivity index (χ3v) is 1.55. The largest absolute Gasteiger partial charge is 0.452 e. The molecule has 0 aliphatic carbocycles. The van der Waals surface area contributed by atoms with Crippen molar-refractivity contribution in [1.82, 2.24) is 9.78 Å². The maximum atomic E-state index is 11.1. The third kappa shape index (κ3) is 2.09. The van der Waals surface area contributed by atoms with Gasteiger partial charge in [0.25, 0.3) is 0 Å². The van der Waals surface area contributed by atoms with E-state index in [2.05, 4.69) is 14.3 Å². The van der Waals surface area contributed by atoms with Gasteiger partial charge in [0.05, 0.1) is 19.8 Å². The zero-order valence-electron chi connectivity index (χ0n) is 7.81. The molecule has 6 heteroatoms. The topological polar surface area (TPSA) is 66.5 Å². The Morgan fingerprint density at radius 2 is 2.31 bits per heavy atom. The van der Waals surface area contributed by atoms with Crippen LogP contribution < -0.4 is 10.5 Å². The van der Waals surface area contributed by atoms with Gasteiger partial charge in [0.15, 0.2) is 0 Å². The number of rotatable bonds is 4. The van der Waals surface area contributed by atoms with Crippen molar-refractivity contribution in [3.63, 3.8) is 0 Å². The molecular weight excluding hydrogens is 176 g/mol. The molecule has 0 radical (unpaired) electrons. The monoisotopic (exact) mass is 188 g/mol. The maximum Gasteiger partial charge on any atom is 0.439 e. The molecular formula is C7H12N2O4. The second-order valence-corrected chi connectivity index (χ2v) is 2.59. The average Bonchev–Trinajstić information content (AvgIpc) is 2.47. The Bertz CT molecular complexity index is 317. The van der Waals surface area contributed by atoms with E-state index in [1.165, 1.54) is 11.8 Å². The highest BCUT2D eigenvalue weighted by molar-refractivity contribution is 4.80. The van der Waals surface area contributed by atoms with E-state index in [1.54, 1.807) is 14.0 Å². The summed E-state index contributed by atoms with van der Waals surface area (Å²) in [4.78, 5) is 11.1. The average molecular weight is 188 g/mol. The Morgan fingerprint density at radius 3 is 2.77 bits per heavy atom. The van der Waals surface area contributed by atoms with Crippen LogP contribution in [0.15, 0.2) is 9.21 Å². The predicted octanol–water partition coefficient (Wildman–Crippen LogP) is 0.0523. The summed E-state index contributed by atoms with van der Waals surface area (Å²) in [6.45, 7) is 2.20. The van der Waals surface area contributed by atoms with Crippen molar-refractivity contribution in [3.8, 4) is 6.08 Å². The Hall–Kier alpha value is -1.30. The maximum absolute atomic E-state index is 11.1. The SMILES string of the molecule is COCC(C)n1nc(OC)oc1=O. The normalized spacial score (nSPS) is 12.8. The minimum atomic E-state index is -0.540. The minimum absolute atomic E-state index is 0.0343. The van der Waals surface area contributed by atoms with Gasteiger partial charge in [-0.25, -0.2) is 4.79 Å². The summed E-state index contributed by atoms with van der Waals surface area (Å²) in [7, 11) is 2.94. The van der Waals surface area contributed by atoms with Crippen LogP contribution in [0.2, 0.25) is 0 Å². The molecule has 13 heavy (non-hydrogen) atoms. The molecule has 0 bridgehead atoms. The van der Waals surface area contributed by atoms with E-state index >= 15 is 0 Å². The third-order valence-electron chi connectivity index (χ3n) is 1.55. The highest BCUT2D eigenvalue weighted by atomic mass is 16.6. The molecule has 0 N–H and O–H groups in total. The zero-order valence-corrected chi connectivity index (χ0v) is 7.81. The lowest BCUT2D eigenvalue weighted by atomic mass is 10.4. The summed E-state index contributed by atoms with van der Waals surface area (Å²) < 4.78 is 15.4. The van der Waals surface area contributed by atoms with E-state index in [9.17, 15) is 4.79 Å². The lowest BCUT2D eigenvalue weighted by molar-refractivity contribution is 0.153. The second kappa shape index (κ2) is 4.08. The smallest absolute Gasteiger partial charge is 0.439 e. The molecule has 1 aromatic rings.